The molecule has 2 aromatic rings. The summed E-state index contributed by atoms with van der Waals surface area (Å²) in [6, 6.07) is 11.7. The third-order valence-corrected chi connectivity index (χ3v) is 4.85. The molecule has 2 rings (SSSR count). The molecular weight excluding hydrogens is 340 g/mol. The van der Waals surface area contributed by atoms with Crippen LogP contribution in [0.1, 0.15) is 44.2 Å². The molecule has 0 spiro atoms. The van der Waals surface area contributed by atoms with Gasteiger partial charge >= 0.3 is 5.97 Å². The average Bonchev–Trinajstić information content (AvgIpc) is 2.65. The number of hydrogen-bond acceptors (Lipinski definition) is 5. The number of rotatable bonds is 10. The summed E-state index contributed by atoms with van der Waals surface area (Å²) in [5.74, 6) is 0.00639. The van der Waals surface area contributed by atoms with E-state index in [9.17, 15) is 9.90 Å². The van der Waals surface area contributed by atoms with Crippen molar-refractivity contribution in [3.05, 3.63) is 53.7 Å². The Hall–Kier alpha value is -2.60. The number of carboxylic acids is 1. The monoisotopic (exact) mass is 370 g/mol. The molecule has 0 fully saturated rings. The minimum absolute atomic E-state index is 0.302. The summed E-state index contributed by atoms with van der Waals surface area (Å²) in [6.45, 7) is 8.16. The SMILES string of the molecule is CC(CNCCCNc1cccnc1N)c1cccc(C(C)(C)C(=O)O)c1. The van der Waals surface area contributed by atoms with Gasteiger partial charge in [-0.3, -0.25) is 4.79 Å². The summed E-state index contributed by atoms with van der Waals surface area (Å²) in [5.41, 5.74) is 7.76. The van der Waals surface area contributed by atoms with E-state index in [1.165, 1.54) is 0 Å². The molecule has 1 atom stereocenters. The van der Waals surface area contributed by atoms with Gasteiger partial charge in [0, 0.05) is 19.3 Å². The Bertz CT molecular complexity index is 761. The van der Waals surface area contributed by atoms with Gasteiger partial charge in [-0.25, -0.2) is 4.98 Å². The van der Waals surface area contributed by atoms with E-state index < -0.39 is 11.4 Å². The van der Waals surface area contributed by atoms with Crippen molar-refractivity contribution in [3.63, 3.8) is 0 Å². The van der Waals surface area contributed by atoms with Crippen LogP contribution in [-0.4, -0.2) is 35.7 Å². The molecular formula is C21H30N4O2. The number of aliphatic carboxylic acids is 1. The zero-order valence-electron chi connectivity index (χ0n) is 16.3. The predicted molar refractivity (Wildman–Crippen MR) is 110 cm³/mol. The van der Waals surface area contributed by atoms with Crippen LogP contribution in [0.4, 0.5) is 11.5 Å². The van der Waals surface area contributed by atoms with E-state index in [0.717, 1.165) is 42.9 Å². The van der Waals surface area contributed by atoms with Gasteiger partial charge in [0.05, 0.1) is 11.1 Å². The number of hydrogen-bond donors (Lipinski definition) is 4. The van der Waals surface area contributed by atoms with Crippen LogP contribution < -0.4 is 16.4 Å². The van der Waals surface area contributed by atoms with Gasteiger partial charge in [-0.1, -0.05) is 31.2 Å². The van der Waals surface area contributed by atoms with E-state index in [2.05, 4.69) is 28.6 Å². The number of nitrogens with one attached hydrogen (secondary N) is 2. The molecule has 0 aliphatic heterocycles. The van der Waals surface area contributed by atoms with Gasteiger partial charge < -0.3 is 21.5 Å². The molecule has 6 heteroatoms. The van der Waals surface area contributed by atoms with Gasteiger partial charge in [0.2, 0.25) is 0 Å². The molecule has 1 aromatic heterocycles. The lowest BCUT2D eigenvalue weighted by molar-refractivity contribution is -0.142. The third kappa shape index (κ3) is 5.69. The summed E-state index contributed by atoms with van der Waals surface area (Å²) < 4.78 is 0. The van der Waals surface area contributed by atoms with Crippen LogP contribution in [0.25, 0.3) is 0 Å². The maximum atomic E-state index is 11.5. The topological polar surface area (TPSA) is 100 Å². The molecule has 0 saturated carbocycles. The highest BCUT2D eigenvalue weighted by molar-refractivity contribution is 5.80. The molecule has 0 amide bonds. The highest BCUT2D eigenvalue weighted by Gasteiger charge is 2.29. The summed E-state index contributed by atoms with van der Waals surface area (Å²) in [7, 11) is 0. The second-order valence-corrected chi connectivity index (χ2v) is 7.38. The fourth-order valence-electron chi connectivity index (χ4n) is 2.80. The third-order valence-electron chi connectivity index (χ3n) is 4.85. The van der Waals surface area contributed by atoms with Gasteiger partial charge in [0.15, 0.2) is 0 Å². The number of carbonyl (C=O) groups is 1. The first-order valence-corrected chi connectivity index (χ1v) is 9.31. The molecule has 1 aromatic carbocycles. The molecule has 0 saturated heterocycles. The van der Waals surface area contributed by atoms with E-state index in [1.54, 1.807) is 20.0 Å². The summed E-state index contributed by atoms with van der Waals surface area (Å²) in [6.07, 6.45) is 2.64. The second kappa shape index (κ2) is 9.37. The van der Waals surface area contributed by atoms with Crippen molar-refractivity contribution < 1.29 is 9.90 Å². The lowest BCUT2D eigenvalue weighted by Crippen LogP contribution is -2.29. The van der Waals surface area contributed by atoms with Crippen LogP contribution in [0.5, 0.6) is 0 Å². The fraction of sp³-hybridized carbons (Fsp3) is 0.429. The van der Waals surface area contributed by atoms with E-state index in [0.29, 0.717) is 11.7 Å². The van der Waals surface area contributed by atoms with E-state index >= 15 is 0 Å². The first-order chi connectivity index (χ1) is 12.8. The van der Waals surface area contributed by atoms with Gasteiger partial charge in [0.1, 0.15) is 5.82 Å². The molecule has 0 bridgehead atoms. The highest BCUT2D eigenvalue weighted by Crippen LogP contribution is 2.26. The molecule has 5 N–H and O–H groups in total. The number of anilines is 2. The quantitative estimate of drug-likeness (QED) is 0.479. The van der Waals surface area contributed by atoms with Crippen molar-refractivity contribution in [2.24, 2.45) is 0 Å². The maximum Gasteiger partial charge on any atom is 0.313 e. The Morgan fingerprint density at radius 3 is 2.74 bits per heavy atom. The average molecular weight is 370 g/mol. The Kier molecular flexibility index (Phi) is 7.19. The predicted octanol–water partition coefficient (Wildman–Crippen LogP) is 3.22. The normalized spacial score (nSPS) is 12.6. The zero-order chi connectivity index (χ0) is 19.9. The van der Waals surface area contributed by atoms with Crippen LogP contribution >= 0.6 is 0 Å². The Labute approximate surface area is 161 Å². The number of nitrogens with two attached hydrogens (primary N) is 1. The van der Waals surface area contributed by atoms with Crippen molar-refractivity contribution in [3.8, 4) is 0 Å². The van der Waals surface area contributed by atoms with Crippen molar-refractivity contribution in [1.82, 2.24) is 10.3 Å². The second-order valence-electron chi connectivity index (χ2n) is 7.38. The smallest absolute Gasteiger partial charge is 0.313 e. The van der Waals surface area contributed by atoms with Gasteiger partial charge in [-0.05, 0) is 56.0 Å². The molecule has 146 valence electrons. The molecule has 6 nitrogen and oxygen atoms in total. The van der Waals surface area contributed by atoms with Gasteiger partial charge in [0.25, 0.3) is 0 Å². The maximum absolute atomic E-state index is 11.5. The number of nitrogens with zero attached hydrogens (tertiary/aromatic N) is 1. The van der Waals surface area contributed by atoms with E-state index in [4.69, 9.17) is 5.73 Å². The van der Waals surface area contributed by atoms with E-state index in [-0.39, 0.29) is 0 Å². The Balaban J connectivity index is 1.77. The molecule has 1 heterocycles. The van der Waals surface area contributed by atoms with Gasteiger partial charge in [-0.2, -0.15) is 0 Å². The summed E-state index contributed by atoms with van der Waals surface area (Å²) >= 11 is 0. The highest BCUT2D eigenvalue weighted by atomic mass is 16.4. The molecule has 0 radical (unpaired) electrons. The number of nitrogen functional groups attached to an aromatic ring is 1. The number of aromatic nitrogens is 1. The van der Waals surface area contributed by atoms with Crippen molar-refractivity contribution >= 4 is 17.5 Å². The first-order valence-electron chi connectivity index (χ1n) is 9.31. The fourth-order valence-corrected chi connectivity index (χ4v) is 2.80. The number of benzene rings is 1. The number of pyridine rings is 1. The van der Waals surface area contributed by atoms with Gasteiger partial charge in [-0.15, -0.1) is 0 Å². The minimum Gasteiger partial charge on any atom is -0.481 e. The van der Waals surface area contributed by atoms with Crippen LogP contribution in [0.3, 0.4) is 0 Å². The lowest BCUT2D eigenvalue weighted by Gasteiger charge is -2.22. The Morgan fingerprint density at radius 2 is 2.04 bits per heavy atom. The molecule has 1 unspecified atom stereocenters. The van der Waals surface area contributed by atoms with Crippen molar-refractivity contribution in [2.45, 2.75) is 38.5 Å². The molecule has 0 aliphatic carbocycles. The lowest BCUT2D eigenvalue weighted by atomic mass is 9.83. The van der Waals surface area contributed by atoms with Crippen LogP contribution in [0.2, 0.25) is 0 Å². The minimum atomic E-state index is -0.886. The largest absolute Gasteiger partial charge is 0.481 e. The van der Waals surface area contributed by atoms with E-state index in [1.807, 2.05) is 30.3 Å². The Morgan fingerprint density at radius 1 is 1.26 bits per heavy atom. The van der Waals surface area contributed by atoms with Crippen LogP contribution in [-0.2, 0) is 10.2 Å². The number of carboxylic acid groups (broad SMARTS) is 1. The zero-order valence-corrected chi connectivity index (χ0v) is 16.3. The van der Waals surface area contributed by atoms with Crippen LogP contribution in [0.15, 0.2) is 42.6 Å². The first kappa shape index (κ1) is 20.7. The molecule has 27 heavy (non-hydrogen) atoms. The summed E-state index contributed by atoms with van der Waals surface area (Å²) in [5, 5.41) is 16.2. The van der Waals surface area contributed by atoms with Crippen molar-refractivity contribution in [1.29, 1.82) is 0 Å². The van der Waals surface area contributed by atoms with Crippen LogP contribution in [0, 0.1) is 0 Å². The molecule has 0 aliphatic rings. The summed E-state index contributed by atoms with van der Waals surface area (Å²) in [4.78, 5) is 15.5. The standard InChI is InChI=1S/C21H30N4O2/c1-15(16-7-4-8-17(13-16)21(2,3)20(26)27)14-23-10-6-12-24-18-9-5-11-25-19(18)22/h4-5,7-9,11,13,15,23-24H,6,10,12,14H2,1-3H3,(H2,22,25)(H,26,27). The van der Waals surface area contributed by atoms with Crippen molar-refractivity contribution in [2.75, 3.05) is 30.7 Å².